The summed E-state index contributed by atoms with van der Waals surface area (Å²) in [5, 5.41) is 0. The summed E-state index contributed by atoms with van der Waals surface area (Å²) < 4.78 is 0. The second-order valence-corrected chi connectivity index (χ2v) is 22.3. The predicted molar refractivity (Wildman–Crippen MR) is 308 cm³/mol. The van der Waals surface area contributed by atoms with Crippen LogP contribution in [0.2, 0.25) is 0 Å². The zero-order chi connectivity index (χ0) is 48.9. The van der Waals surface area contributed by atoms with Crippen LogP contribution >= 0.6 is 0 Å². The van der Waals surface area contributed by atoms with Crippen molar-refractivity contribution in [3.63, 3.8) is 0 Å². The summed E-state index contributed by atoms with van der Waals surface area (Å²) >= 11 is 0. The van der Waals surface area contributed by atoms with E-state index in [-0.39, 0.29) is 10.8 Å². The SMILES string of the molecule is CC1C=CC(N(c2ccc(N(c3ccc(C/C(=C/C4=CC=CCC4)c4ccccc4)cc3)c3ccc4c(c3)C3(CCCCC3)c3ccccc3-4)cc2)c2ccc3c(c2)C2(CCCCC2)c2ccccc2-3)=CC1C. The van der Waals surface area contributed by atoms with Crippen molar-refractivity contribution in [2.75, 3.05) is 9.80 Å². The average molecular weight is 949 g/mol. The number of hydrogen-bond donors (Lipinski definition) is 0. The van der Waals surface area contributed by atoms with Gasteiger partial charge in [-0.05, 0) is 190 Å². The first kappa shape index (κ1) is 45.7. The molecule has 0 aliphatic heterocycles. The lowest BCUT2D eigenvalue weighted by atomic mass is 9.68. The van der Waals surface area contributed by atoms with Gasteiger partial charge in [-0.25, -0.2) is 0 Å². The Labute approximate surface area is 434 Å². The van der Waals surface area contributed by atoms with Crippen molar-refractivity contribution in [3.8, 4) is 22.3 Å². The van der Waals surface area contributed by atoms with Gasteiger partial charge in [0.2, 0.25) is 0 Å². The number of allylic oxidation sites excluding steroid dienone is 9. The van der Waals surface area contributed by atoms with Gasteiger partial charge in [0.15, 0.2) is 0 Å². The maximum Gasteiger partial charge on any atom is 0.0465 e. The molecule has 0 saturated heterocycles. The summed E-state index contributed by atoms with van der Waals surface area (Å²) in [5.74, 6) is 0.927. The second-order valence-electron chi connectivity index (χ2n) is 22.3. The van der Waals surface area contributed by atoms with Crippen molar-refractivity contribution < 1.29 is 0 Å². The van der Waals surface area contributed by atoms with Crippen LogP contribution in [0.25, 0.3) is 27.8 Å². The van der Waals surface area contributed by atoms with Crippen molar-refractivity contribution in [2.24, 2.45) is 11.8 Å². The molecule has 2 saturated carbocycles. The van der Waals surface area contributed by atoms with Gasteiger partial charge in [0.05, 0.1) is 0 Å². The Hall–Kier alpha value is -7.16. The molecule has 73 heavy (non-hydrogen) atoms. The van der Waals surface area contributed by atoms with Gasteiger partial charge in [-0.1, -0.05) is 192 Å². The molecule has 6 aliphatic carbocycles. The topological polar surface area (TPSA) is 6.48 Å². The van der Waals surface area contributed by atoms with Crippen molar-refractivity contribution in [2.45, 2.75) is 108 Å². The Bertz CT molecular complexity index is 3350. The highest BCUT2D eigenvalue weighted by Crippen LogP contribution is 2.58. The van der Waals surface area contributed by atoms with E-state index >= 15 is 0 Å². The van der Waals surface area contributed by atoms with Crippen molar-refractivity contribution in [1.82, 2.24) is 0 Å². The average Bonchev–Trinajstić information content (AvgIpc) is 3.86. The van der Waals surface area contributed by atoms with E-state index in [1.807, 2.05) is 0 Å². The van der Waals surface area contributed by atoms with E-state index in [1.165, 1.54) is 159 Å². The first-order valence-electron chi connectivity index (χ1n) is 27.8. The van der Waals surface area contributed by atoms with E-state index in [9.17, 15) is 0 Å². The van der Waals surface area contributed by atoms with E-state index in [0.29, 0.717) is 11.8 Å². The lowest BCUT2D eigenvalue weighted by Crippen LogP contribution is -2.28. The third-order valence-corrected chi connectivity index (χ3v) is 18.0. The molecule has 7 aromatic rings. The molecule has 13 rings (SSSR count). The number of anilines is 5. The van der Waals surface area contributed by atoms with E-state index in [4.69, 9.17) is 0 Å². The minimum atomic E-state index is 0.0626. The fourth-order valence-corrected chi connectivity index (χ4v) is 14.1. The largest absolute Gasteiger partial charge is 0.311 e. The van der Waals surface area contributed by atoms with Crippen LogP contribution in [0.5, 0.6) is 0 Å². The molecule has 362 valence electrons. The zero-order valence-corrected chi connectivity index (χ0v) is 42.9. The predicted octanol–water partition coefficient (Wildman–Crippen LogP) is 19.4. The quantitative estimate of drug-likeness (QED) is 0.135. The highest BCUT2D eigenvalue weighted by Gasteiger charge is 2.45. The number of hydrogen-bond acceptors (Lipinski definition) is 2. The number of rotatable bonds is 10. The van der Waals surface area contributed by atoms with Crippen LogP contribution in [-0.4, -0.2) is 0 Å². The van der Waals surface area contributed by atoms with Crippen LogP contribution in [-0.2, 0) is 17.3 Å². The first-order chi connectivity index (χ1) is 36.0. The van der Waals surface area contributed by atoms with Gasteiger partial charge in [-0.3, -0.25) is 0 Å². The van der Waals surface area contributed by atoms with Crippen molar-refractivity contribution >= 4 is 34.0 Å². The molecule has 0 radical (unpaired) electrons. The minimum Gasteiger partial charge on any atom is -0.311 e. The molecule has 0 N–H and O–H groups in total. The molecule has 2 spiro atoms. The first-order valence-corrected chi connectivity index (χ1v) is 27.8. The van der Waals surface area contributed by atoms with Crippen LogP contribution in [0.3, 0.4) is 0 Å². The summed E-state index contributed by atoms with van der Waals surface area (Å²) in [4.78, 5) is 5.06. The van der Waals surface area contributed by atoms with Crippen LogP contribution < -0.4 is 9.80 Å². The second kappa shape index (κ2) is 19.0. The summed E-state index contributed by atoms with van der Waals surface area (Å²) in [6.07, 6.45) is 32.2. The molecule has 0 heterocycles. The summed E-state index contributed by atoms with van der Waals surface area (Å²) in [6.45, 7) is 4.71. The Morgan fingerprint density at radius 1 is 0.507 bits per heavy atom. The van der Waals surface area contributed by atoms with Crippen LogP contribution in [0.4, 0.5) is 28.4 Å². The highest BCUT2D eigenvalue weighted by molar-refractivity contribution is 5.88. The van der Waals surface area contributed by atoms with E-state index in [2.05, 4.69) is 230 Å². The number of fused-ring (bicyclic) bond motifs is 10. The van der Waals surface area contributed by atoms with Gasteiger partial charge in [0.25, 0.3) is 0 Å². The Morgan fingerprint density at radius 3 is 1.58 bits per heavy atom. The summed E-state index contributed by atoms with van der Waals surface area (Å²) in [7, 11) is 0. The summed E-state index contributed by atoms with van der Waals surface area (Å²) in [5.41, 5.74) is 24.5. The number of nitrogens with zero attached hydrogens (tertiary/aromatic N) is 2. The fraction of sp³-hybridized carbons (Fsp3) is 0.268. The molecule has 2 heteroatoms. The normalized spacial score (nSPS) is 19.9. The minimum absolute atomic E-state index is 0.0626. The third-order valence-electron chi connectivity index (χ3n) is 18.0. The van der Waals surface area contributed by atoms with E-state index < -0.39 is 0 Å². The third kappa shape index (κ3) is 8.10. The lowest BCUT2D eigenvalue weighted by Gasteiger charge is -2.37. The maximum absolute atomic E-state index is 2.57. The molecule has 2 fully saturated rings. The molecule has 0 bridgehead atoms. The lowest BCUT2D eigenvalue weighted by molar-refractivity contribution is 0.353. The van der Waals surface area contributed by atoms with Crippen LogP contribution in [0.15, 0.2) is 218 Å². The van der Waals surface area contributed by atoms with Gasteiger partial charge >= 0.3 is 0 Å². The zero-order valence-electron chi connectivity index (χ0n) is 42.9. The van der Waals surface area contributed by atoms with Crippen LogP contribution in [0, 0.1) is 11.8 Å². The summed E-state index contributed by atoms with van der Waals surface area (Å²) in [6, 6.07) is 63.3. The van der Waals surface area contributed by atoms with E-state index in [0.717, 1.165) is 24.9 Å². The Morgan fingerprint density at radius 2 is 1.01 bits per heavy atom. The molecule has 0 amide bonds. The maximum atomic E-state index is 2.57. The van der Waals surface area contributed by atoms with Gasteiger partial charge in [0, 0.05) is 45.0 Å². The standard InChI is InChI=1S/C71H68N2/c1-50-27-30-59(45-51(50)2)73(61-38-40-65-63-24-12-14-26-67(63)71(69(65)49-61)43-17-6-18-44-71)58-35-33-57(34-36-58)72(60-37-39-64-62-23-11-13-25-66(62)70(68(64)48-60)41-15-5-16-42-70)56-31-28-53(29-32-56)47-55(54-21-9-4-10-22-54)46-52-19-7-3-8-20-52/h3-4,7,9-14,19,21-40,45-46,48-51H,5-6,8,15-18,20,41-44,47H2,1-2H3/b55-46-. The molecule has 7 aromatic carbocycles. The molecular formula is C71H68N2. The van der Waals surface area contributed by atoms with Crippen molar-refractivity contribution in [1.29, 1.82) is 0 Å². The molecular weight excluding hydrogens is 881 g/mol. The molecule has 2 unspecified atom stereocenters. The molecule has 2 atom stereocenters. The Balaban J connectivity index is 0.913. The van der Waals surface area contributed by atoms with E-state index in [1.54, 1.807) is 0 Å². The Kier molecular flexibility index (Phi) is 11.9. The van der Waals surface area contributed by atoms with Gasteiger partial charge in [-0.15, -0.1) is 0 Å². The fourth-order valence-electron chi connectivity index (χ4n) is 14.1. The molecule has 2 nitrogen and oxygen atoms in total. The smallest absolute Gasteiger partial charge is 0.0465 e. The van der Waals surface area contributed by atoms with Crippen LogP contribution in [0.1, 0.15) is 124 Å². The molecule has 0 aromatic heterocycles. The van der Waals surface area contributed by atoms with Gasteiger partial charge in [-0.2, -0.15) is 0 Å². The van der Waals surface area contributed by atoms with Gasteiger partial charge in [0.1, 0.15) is 0 Å². The highest BCUT2D eigenvalue weighted by atomic mass is 15.2. The number of benzene rings is 7. The monoisotopic (exact) mass is 949 g/mol. The van der Waals surface area contributed by atoms with Gasteiger partial charge < -0.3 is 9.80 Å². The van der Waals surface area contributed by atoms with Crippen molar-refractivity contribution in [3.05, 3.63) is 251 Å². The molecule has 6 aliphatic rings.